The van der Waals surface area contributed by atoms with Crippen LogP contribution in [-0.2, 0) is 4.74 Å². The maximum Gasteiger partial charge on any atom is 0.348 e. The van der Waals surface area contributed by atoms with Gasteiger partial charge >= 0.3 is 5.97 Å². The van der Waals surface area contributed by atoms with Crippen molar-refractivity contribution in [2.45, 2.75) is 38.6 Å². The van der Waals surface area contributed by atoms with Crippen LogP contribution in [-0.4, -0.2) is 36.5 Å². The Morgan fingerprint density at radius 3 is 2.53 bits per heavy atom. The van der Waals surface area contributed by atoms with Crippen molar-refractivity contribution in [3.63, 3.8) is 0 Å². The first-order chi connectivity index (χ1) is 9.17. The van der Waals surface area contributed by atoms with Crippen LogP contribution < -0.4 is 0 Å². The molecular weight excluding hydrogens is 262 g/mol. The fraction of sp³-hybridized carbons (Fsp3) is 0.571. The highest BCUT2D eigenvalue weighted by Gasteiger charge is 2.27. The number of rotatable bonds is 4. The van der Waals surface area contributed by atoms with Gasteiger partial charge < -0.3 is 9.64 Å². The van der Waals surface area contributed by atoms with E-state index in [-0.39, 0.29) is 11.9 Å². The molecular formula is C14H19NO3S. The summed E-state index contributed by atoms with van der Waals surface area (Å²) in [5.41, 5.74) is 0. The lowest BCUT2D eigenvalue weighted by Gasteiger charge is -2.27. The van der Waals surface area contributed by atoms with Gasteiger partial charge in [-0.1, -0.05) is 12.8 Å². The van der Waals surface area contributed by atoms with Gasteiger partial charge in [-0.3, -0.25) is 4.79 Å². The predicted molar refractivity (Wildman–Crippen MR) is 74.6 cm³/mol. The molecule has 0 atom stereocenters. The van der Waals surface area contributed by atoms with Gasteiger partial charge in [-0.25, -0.2) is 4.79 Å². The average molecular weight is 281 g/mol. The second-order valence-corrected chi connectivity index (χ2v) is 5.77. The molecule has 0 saturated heterocycles. The maximum absolute atomic E-state index is 12.5. The highest BCUT2D eigenvalue weighted by Crippen LogP contribution is 2.26. The third-order valence-corrected chi connectivity index (χ3v) is 4.62. The van der Waals surface area contributed by atoms with Crippen molar-refractivity contribution in [2.24, 2.45) is 0 Å². The zero-order chi connectivity index (χ0) is 13.8. The summed E-state index contributed by atoms with van der Waals surface area (Å²) in [7, 11) is 1.35. The van der Waals surface area contributed by atoms with Crippen LogP contribution in [0.3, 0.4) is 0 Å². The normalized spacial score (nSPS) is 15.5. The Kier molecular flexibility index (Phi) is 4.58. The number of esters is 1. The van der Waals surface area contributed by atoms with Gasteiger partial charge in [0.15, 0.2) is 0 Å². The molecule has 2 rings (SSSR count). The van der Waals surface area contributed by atoms with Crippen molar-refractivity contribution < 1.29 is 14.3 Å². The monoisotopic (exact) mass is 281 g/mol. The molecule has 0 bridgehead atoms. The van der Waals surface area contributed by atoms with E-state index in [4.69, 9.17) is 0 Å². The molecule has 1 aliphatic carbocycles. The molecule has 0 aromatic carbocycles. The number of hydrogen-bond acceptors (Lipinski definition) is 4. The minimum absolute atomic E-state index is 0.0366. The summed E-state index contributed by atoms with van der Waals surface area (Å²) < 4.78 is 4.66. The molecule has 1 amide bonds. The Bertz CT molecular complexity index is 463. The van der Waals surface area contributed by atoms with Gasteiger partial charge in [0.05, 0.1) is 12.0 Å². The molecule has 0 spiro atoms. The highest BCUT2D eigenvalue weighted by atomic mass is 32.1. The van der Waals surface area contributed by atoms with Gasteiger partial charge in [0.2, 0.25) is 0 Å². The smallest absolute Gasteiger partial charge is 0.348 e. The number of hydrogen-bond donors (Lipinski definition) is 0. The zero-order valence-corrected chi connectivity index (χ0v) is 12.2. The molecule has 5 heteroatoms. The van der Waals surface area contributed by atoms with Crippen molar-refractivity contribution in [3.8, 4) is 0 Å². The van der Waals surface area contributed by atoms with E-state index < -0.39 is 0 Å². The Hall–Kier alpha value is -1.36. The predicted octanol–water partition coefficient (Wildman–Crippen LogP) is 2.94. The lowest BCUT2D eigenvalue weighted by atomic mass is 10.2. The Labute approximate surface area is 117 Å². The van der Waals surface area contributed by atoms with Crippen molar-refractivity contribution >= 4 is 23.2 Å². The molecule has 0 unspecified atom stereocenters. The summed E-state index contributed by atoms with van der Waals surface area (Å²) >= 11 is 1.21. The molecule has 1 aromatic rings. The number of ether oxygens (including phenoxy) is 1. The van der Waals surface area contributed by atoms with Crippen LogP contribution in [0.4, 0.5) is 0 Å². The molecule has 0 N–H and O–H groups in total. The van der Waals surface area contributed by atoms with Crippen LogP contribution in [0.25, 0.3) is 0 Å². The Morgan fingerprint density at radius 1 is 1.32 bits per heavy atom. The molecule has 1 aliphatic rings. The first-order valence-corrected chi connectivity index (χ1v) is 7.48. The number of thiophene rings is 1. The van der Waals surface area contributed by atoms with Crippen LogP contribution in [0.15, 0.2) is 12.1 Å². The first kappa shape index (κ1) is 14.1. The van der Waals surface area contributed by atoms with Crippen LogP contribution in [0.2, 0.25) is 0 Å². The van der Waals surface area contributed by atoms with E-state index in [2.05, 4.69) is 4.74 Å². The quantitative estimate of drug-likeness (QED) is 0.797. The van der Waals surface area contributed by atoms with E-state index >= 15 is 0 Å². The summed E-state index contributed by atoms with van der Waals surface area (Å²) in [4.78, 5) is 26.9. The molecule has 0 aliphatic heterocycles. The van der Waals surface area contributed by atoms with E-state index in [0.29, 0.717) is 15.8 Å². The molecule has 19 heavy (non-hydrogen) atoms. The van der Waals surface area contributed by atoms with Crippen LogP contribution in [0.5, 0.6) is 0 Å². The maximum atomic E-state index is 12.5. The van der Waals surface area contributed by atoms with Gasteiger partial charge in [-0.05, 0) is 31.9 Å². The fourth-order valence-corrected chi connectivity index (χ4v) is 3.47. The first-order valence-electron chi connectivity index (χ1n) is 6.66. The second-order valence-electron chi connectivity index (χ2n) is 4.68. The summed E-state index contributed by atoms with van der Waals surface area (Å²) in [6.07, 6.45) is 4.59. The fourth-order valence-electron chi connectivity index (χ4n) is 2.59. The standard InChI is InChI=1S/C14H19NO3S/c1-3-15(10-6-4-5-7-10)13(16)11-8-9-12(19-11)14(17)18-2/h8-10H,3-7H2,1-2H3. The average Bonchev–Trinajstić information content (AvgIpc) is 3.09. The highest BCUT2D eigenvalue weighted by molar-refractivity contribution is 7.15. The largest absolute Gasteiger partial charge is 0.465 e. The van der Waals surface area contributed by atoms with Crippen LogP contribution in [0.1, 0.15) is 52.0 Å². The van der Waals surface area contributed by atoms with E-state index in [0.717, 1.165) is 19.4 Å². The van der Waals surface area contributed by atoms with Gasteiger partial charge in [-0.2, -0.15) is 0 Å². The van der Waals surface area contributed by atoms with E-state index in [1.165, 1.54) is 31.3 Å². The van der Waals surface area contributed by atoms with E-state index in [9.17, 15) is 9.59 Å². The van der Waals surface area contributed by atoms with Crippen LogP contribution >= 0.6 is 11.3 Å². The number of nitrogens with zero attached hydrogens (tertiary/aromatic N) is 1. The van der Waals surface area contributed by atoms with Gasteiger partial charge in [0, 0.05) is 12.6 Å². The Morgan fingerprint density at radius 2 is 1.95 bits per heavy atom. The number of methoxy groups -OCH3 is 1. The summed E-state index contributed by atoms with van der Waals surface area (Å²) in [6, 6.07) is 3.74. The number of amides is 1. The molecule has 0 radical (unpaired) electrons. The van der Waals surface area contributed by atoms with Crippen molar-refractivity contribution in [1.29, 1.82) is 0 Å². The second kappa shape index (κ2) is 6.19. The van der Waals surface area contributed by atoms with Crippen molar-refractivity contribution in [1.82, 2.24) is 4.90 Å². The zero-order valence-electron chi connectivity index (χ0n) is 11.3. The lowest BCUT2D eigenvalue weighted by molar-refractivity contribution is 0.0606. The molecule has 104 valence electrons. The van der Waals surface area contributed by atoms with Crippen LogP contribution in [0, 0.1) is 0 Å². The van der Waals surface area contributed by atoms with Crippen molar-refractivity contribution in [2.75, 3.05) is 13.7 Å². The third kappa shape index (κ3) is 2.97. The molecule has 1 aromatic heterocycles. The topological polar surface area (TPSA) is 46.6 Å². The van der Waals surface area contributed by atoms with Gasteiger partial charge in [0.1, 0.15) is 4.88 Å². The minimum Gasteiger partial charge on any atom is -0.465 e. The van der Waals surface area contributed by atoms with E-state index in [1.807, 2.05) is 11.8 Å². The van der Waals surface area contributed by atoms with E-state index in [1.54, 1.807) is 12.1 Å². The molecule has 1 fully saturated rings. The number of carbonyl (C=O) groups excluding carboxylic acids is 2. The van der Waals surface area contributed by atoms with Crippen molar-refractivity contribution in [3.05, 3.63) is 21.9 Å². The summed E-state index contributed by atoms with van der Waals surface area (Å²) in [5, 5.41) is 0. The summed E-state index contributed by atoms with van der Waals surface area (Å²) in [5.74, 6) is -0.345. The number of carbonyl (C=O) groups is 2. The SMILES string of the molecule is CCN(C(=O)c1ccc(C(=O)OC)s1)C1CCCC1. The third-order valence-electron chi connectivity index (χ3n) is 3.57. The summed E-state index contributed by atoms with van der Waals surface area (Å²) in [6.45, 7) is 2.72. The van der Waals surface area contributed by atoms with Gasteiger partial charge in [-0.15, -0.1) is 11.3 Å². The van der Waals surface area contributed by atoms with Gasteiger partial charge in [0.25, 0.3) is 5.91 Å². The molecule has 4 nitrogen and oxygen atoms in total. The molecule has 1 saturated carbocycles. The Balaban J connectivity index is 2.13. The minimum atomic E-state index is -0.382. The lowest BCUT2D eigenvalue weighted by Crippen LogP contribution is -2.38. The molecule has 1 heterocycles.